The number of rotatable bonds is 6. The molecular weight excluding hydrogens is 437 g/mol. The van der Waals surface area contributed by atoms with Gasteiger partial charge in [0.2, 0.25) is 0 Å². The van der Waals surface area contributed by atoms with E-state index in [0.29, 0.717) is 17.1 Å². The van der Waals surface area contributed by atoms with E-state index in [1.54, 1.807) is 42.5 Å². The Hall–Kier alpha value is -3.23. The van der Waals surface area contributed by atoms with Gasteiger partial charge in [-0.15, -0.1) is 0 Å². The Labute approximate surface area is 187 Å². The van der Waals surface area contributed by atoms with E-state index in [9.17, 15) is 19.1 Å². The van der Waals surface area contributed by atoms with E-state index in [1.807, 2.05) is 18.2 Å². The standard InChI is InChI=1S/C23H16FNO4S2/c24-17-9-5-4-8-16(17)19-11-10-15(29-19)13-20-21(26)25(23(30)31-20)18(22(27)28)12-14-6-2-1-3-7-14/h1-11,13,18H,12H2,(H,27,28)/b20-13-. The summed E-state index contributed by atoms with van der Waals surface area (Å²) in [6.07, 6.45) is 1.62. The third-order valence-corrected chi connectivity index (χ3v) is 6.06. The minimum atomic E-state index is -1.14. The summed E-state index contributed by atoms with van der Waals surface area (Å²) in [6.45, 7) is 0. The molecule has 2 heterocycles. The van der Waals surface area contributed by atoms with Crippen LogP contribution in [0.25, 0.3) is 17.4 Å². The number of thioether (sulfide) groups is 1. The number of thiocarbonyl (C=S) groups is 1. The van der Waals surface area contributed by atoms with E-state index in [0.717, 1.165) is 22.2 Å². The van der Waals surface area contributed by atoms with Gasteiger partial charge in [0.05, 0.1) is 10.5 Å². The first-order valence-electron chi connectivity index (χ1n) is 9.32. The molecule has 0 aliphatic carbocycles. The predicted octanol–water partition coefficient (Wildman–Crippen LogP) is 4.98. The molecule has 1 fully saturated rings. The Morgan fingerprint density at radius 1 is 1.13 bits per heavy atom. The lowest BCUT2D eigenvalue weighted by molar-refractivity contribution is -0.145. The van der Waals surface area contributed by atoms with Gasteiger partial charge in [0, 0.05) is 12.5 Å². The average molecular weight is 454 g/mol. The van der Waals surface area contributed by atoms with E-state index in [2.05, 4.69) is 0 Å². The maximum Gasteiger partial charge on any atom is 0.327 e. The molecule has 5 nitrogen and oxygen atoms in total. The summed E-state index contributed by atoms with van der Waals surface area (Å²) in [4.78, 5) is 26.3. The fraction of sp³-hybridized carbons (Fsp3) is 0.0870. The van der Waals surface area contributed by atoms with Gasteiger partial charge < -0.3 is 9.52 Å². The molecule has 0 saturated carbocycles. The number of carboxylic acids is 1. The molecule has 1 saturated heterocycles. The van der Waals surface area contributed by atoms with Gasteiger partial charge in [-0.1, -0.05) is 66.4 Å². The number of carbonyl (C=O) groups is 2. The summed E-state index contributed by atoms with van der Waals surface area (Å²) in [5.74, 6) is -1.38. The number of halogens is 1. The van der Waals surface area contributed by atoms with Crippen molar-refractivity contribution >= 4 is 46.3 Å². The summed E-state index contributed by atoms with van der Waals surface area (Å²) in [5, 5.41) is 9.73. The van der Waals surface area contributed by atoms with Crippen LogP contribution in [0.4, 0.5) is 4.39 Å². The van der Waals surface area contributed by atoms with Crippen molar-refractivity contribution in [2.75, 3.05) is 0 Å². The van der Waals surface area contributed by atoms with Crippen LogP contribution in [-0.2, 0) is 16.0 Å². The summed E-state index contributed by atoms with van der Waals surface area (Å²) < 4.78 is 19.8. The number of carbonyl (C=O) groups excluding carboxylic acids is 1. The zero-order valence-electron chi connectivity index (χ0n) is 16.0. The SMILES string of the molecule is O=C(O)C(Cc1ccccc1)N1C(=O)/C(=C/c2ccc(-c3ccccc3F)o2)SC1=S. The molecule has 1 aromatic heterocycles. The molecule has 1 aliphatic heterocycles. The first kappa shape index (κ1) is 21.0. The van der Waals surface area contributed by atoms with Crippen molar-refractivity contribution in [2.24, 2.45) is 0 Å². The average Bonchev–Trinajstić information content (AvgIpc) is 3.32. The Morgan fingerprint density at radius 2 is 1.84 bits per heavy atom. The highest BCUT2D eigenvalue weighted by atomic mass is 32.2. The number of amides is 1. The van der Waals surface area contributed by atoms with E-state index in [-0.39, 0.29) is 15.6 Å². The van der Waals surface area contributed by atoms with Gasteiger partial charge in [0.25, 0.3) is 5.91 Å². The molecule has 156 valence electrons. The Kier molecular flexibility index (Phi) is 6.01. The highest BCUT2D eigenvalue weighted by Gasteiger charge is 2.40. The van der Waals surface area contributed by atoms with Crippen LogP contribution in [0.1, 0.15) is 11.3 Å². The van der Waals surface area contributed by atoms with Gasteiger partial charge in [-0.25, -0.2) is 9.18 Å². The number of aliphatic carboxylic acids is 1. The molecule has 3 aromatic rings. The highest BCUT2D eigenvalue weighted by molar-refractivity contribution is 8.26. The summed E-state index contributed by atoms with van der Waals surface area (Å²) >= 11 is 6.32. The zero-order chi connectivity index (χ0) is 22.0. The van der Waals surface area contributed by atoms with Crippen LogP contribution in [0.15, 0.2) is 76.1 Å². The molecule has 4 rings (SSSR count). The van der Waals surface area contributed by atoms with E-state index in [4.69, 9.17) is 16.6 Å². The lowest BCUT2D eigenvalue weighted by Gasteiger charge is -2.23. The Bertz CT molecular complexity index is 1190. The molecule has 1 amide bonds. The van der Waals surface area contributed by atoms with Crippen LogP contribution < -0.4 is 0 Å². The number of hydrogen-bond acceptors (Lipinski definition) is 5. The lowest BCUT2D eigenvalue weighted by atomic mass is 10.0. The van der Waals surface area contributed by atoms with Crippen LogP contribution in [0.2, 0.25) is 0 Å². The molecule has 1 N–H and O–H groups in total. The third kappa shape index (κ3) is 4.45. The van der Waals surface area contributed by atoms with Crippen molar-refractivity contribution in [3.05, 3.63) is 88.8 Å². The highest BCUT2D eigenvalue weighted by Crippen LogP contribution is 2.35. The van der Waals surface area contributed by atoms with Gasteiger partial charge in [0.15, 0.2) is 0 Å². The van der Waals surface area contributed by atoms with E-state index < -0.39 is 23.7 Å². The lowest BCUT2D eigenvalue weighted by Crippen LogP contribution is -2.45. The normalized spacial score (nSPS) is 16.2. The first-order chi connectivity index (χ1) is 14.9. The van der Waals surface area contributed by atoms with Crippen LogP contribution in [0.3, 0.4) is 0 Å². The summed E-state index contributed by atoms with van der Waals surface area (Å²) in [6, 6.07) is 17.4. The number of benzene rings is 2. The maximum atomic E-state index is 14.0. The fourth-order valence-electron chi connectivity index (χ4n) is 3.24. The van der Waals surface area contributed by atoms with Crippen LogP contribution >= 0.6 is 24.0 Å². The molecule has 0 radical (unpaired) electrons. The number of hydrogen-bond donors (Lipinski definition) is 1. The summed E-state index contributed by atoms with van der Waals surface area (Å²) in [5.41, 5.74) is 1.09. The predicted molar refractivity (Wildman–Crippen MR) is 121 cm³/mol. The Morgan fingerprint density at radius 3 is 2.55 bits per heavy atom. The molecule has 0 spiro atoms. The number of furan rings is 1. The second-order valence-corrected chi connectivity index (χ2v) is 8.45. The molecule has 31 heavy (non-hydrogen) atoms. The summed E-state index contributed by atoms with van der Waals surface area (Å²) in [7, 11) is 0. The van der Waals surface area contributed by atoms with Crippen molar-refractivity contribution in [1.29, 1.82) is 0 Å². The van der Waals surface area contributed by atoms with Gasteiger partial charge in [-0.3, -0.25) is 9.69 Å². The second kappa shape index (κ2) is 8.87. The van der Waals surface area contributed by atoms with Crippen LogP contribution in [0, 0.1) is 5.82 Å². The maximum absolute atomic E-state index is 14.0. The van der Waals surface area contributed by atoms with Crippen molar-refractivity contribution in [1.82, 2.24) is 4.90 Å². The third-order valence-electron chi connectivity index (χ3n) is 4.73. The quantitative estimate of drug-likeness (QED) is 0.419. The van der Waals surface area contributed by atoms with E-state index in [1.165, 1.54) is 12.1 Å². The van der Waals surface area contributed by atoms with Gasteiger partial charge >= 0.3 is 5.97 Å². The zero-order valence-corrected chi connectivity index (χ0v) is 17.7. The van der Waals surface area contributed by atoms with Gasteiger partial charge in [-0.2, -0.15) is 0 Å². The molecule has 1 aliphatic rings. The first-order valence-corrected chi connectivity index (χ1v) is 10.5. The molecule has 8 heteroatoms. The monoisotopic (exact) mass is 453 g/mol. The largest absolute Gasteiger partial charge is 0.480 e. The van der Waals surface area contributed by atoms with Gasteiger partial charge in [0.1, 0.15) is 27.7 Å². The van der Waals surface area contributed by atoms with E-state index >= 15 is 0 Å². The topological polar surface area (TPSA) is 70.8 Å². The smallest absolute Gasteiger partial charge is 0.327 e. The van der Waals surface area contributed by atoms with Crippen molar-refractivity contribution in [2.45, 2.75) is 12.5 Å². The van der Waals surface area contributed by atoms with Crippen molar-refractivity contribution in [3.8, 4) is 11.3 Å². The molecule has 1 unspecified atom stereocenters. The second-order valence-electron chi connectivity index (χ2n) is 6.78. The number of nitrogens with zero attached hydrogens (tertiary/aromatic N) is 1. The fourth-order valence-corrected chi connectivity index (χ4v) is 4.58. The van der Waals surface area contributed by atoms with Crippen molar-refractivity contribution in [3.63, 3.8) is 0 Å². The molecule has 2 aromatic carbocycles. The molecular formula is C23H16FNO4S2. The van der Waals surface area contributed by atoms with Gasteiger partial charge in [-0.05, 0) is 29.8 Å². The Balaban J connectivity index is 1.58. The minimum Gasteiger partial charge on any atom is -0.480 e. The van der Waals surface area contributed by atoms with Crippen LogP contribution in [-0.4, -0.2) is 32.2 Å². The van der Waals surface area contributed by atoms with Crippen molar-refractivity contribution < 1.29 is 23.5 Å². The number of carboxylic acid groups (broad SMARTS) is 1. The van der Waals surface area contributed by atoms with Crippen LogP contribution in [0.5, 0.6) is 0 Å². The minimum absolute atomic E-state index is 0.133. The molecule has 0 bridgehead atoms. The molecule has 1 atom stereocenters.